The zero-order valence-electron chi connectivity index (χ0n) is 12.5. The fourth-order valence-electron chi connectivity index (χ4n) is 3.18. The van der Waals surface area contributed by atoms with Crippen molar-refractivity contribution in [3.8, 4) is 0 Å². The molecule has 20 heavy (non-hydrogen) atoms. The van der Waals surface area contributed by atoms with E-state index in [9.17, 15) is 0 Å². The van der Waals surface area contributed by atoms with Crippen LogP contribution in [0.2, 0.25) is 10.0 Å². The van der Waals surface area contributed by atoms with Crippen LogP contribution in [0.15, 0.2) is 18.2 Å². The molecule has 1 aromatic carbocycles. The maximum atomic E-state index is 6.15. The lowest BCUT2D eigenvalue weighted by atomic mass is 9.94. The number of benzene rings is 1. The van der Waals surface area contributed by atoms with E-state index < -0.39 is 0 Å². The Morgan fingerprint density at radius 2 is 1.90 bits per heavy atom. The third kappa shape index (κ3) is 4.13. The third-order valence-electron chi connectivity index (χ3n) is 4.53. The van der Waals surface area contributed by atoms with Gasteiger partial charge in [0.05, 0.1) is 10.0 Å². The van der Waals surface area contributed by atoms with E-state index >= 15 is 0 Å². The summed E-state index contributed by atoms with van der Waals surface area (Å²) in [5.41, 5.74) is 1.25. The van der Waals surface area contributed by atoms with Gasteiger partial charge in [0.2, 0.25) is 0 Å². The van der Waals surface area contributed by atoms with Gasteiger partial charge in [0, 0.05) is 12.1 Å². The van der Waals surface area contributed by atoms with Crippen LogP contribution in [0.3, 0.4) is 0 Å². The average molecular weight is 314 g/mol. The van der Waals surface area contributed by atoms with Gasteiger partial charge in [-0.3, -0.25) is 0 Å². The summed E-state index contributed by atoms with van der Waals surface area (Å²) in [4.78, 5) is 0. The summed E-state index contributed by atoms with van der Waals surface area (Å²) in [6, 6.07) is 7.00. The molecular formula is C17H25Cl2N. The van der Waals surface area contributed by atoms with Crippen LogP contribution in [0, 0.1) is 5.92 Å². The topological polar surface area (TPSA) is 12.0 Å². The highest BCUT2D eigenvalue weighted by Gasteiger charge is 2.23. The minimum absolute atomic E-state index is 0.371. The van der Waals surface area contributed by atoms with Gasteiger partial charge < -0.3 is 5.32 Å². The fourth-order valence-corrected chi connectivity index (χ4v) is 3.48. The van der Waals surface area contributed by atoms with Crippen molar-refractivity contribution in [2.45, 2.75) is 64.5 Å². The number of nitrogens with one attached hydrogen (secondary N) is 1. The van der Waals surface area contributed by atoms with Crippen LogP contribution in [-0.2, 0) is 0 Å². The van der Waals surface area contributed by atoms with Crippen molar-refractivity contribution < 1.29 is 0 Å². The van der Waals surface area contributed by atoms with E-state index in [-0.39, 0.29) is 0 Å². The molecule has 3 heteroatoms. The minimum atomic E-state index is 0.371. The standard InChI is InChI=1S/C17H25Cl2N/c1-3-16(13-9-10-14(18)15(19)11-13)20-17-8-6-4-5-7-12(17)2/h9-12,16-17,20H,3-8H2,1-2H3. The highest BCUT2D eigenvalue weighted by Crippen LogP contribution is 2.30. The van der Waals surface area contributed by atoms with Crippen molar-refractivity contribution in [1.82, 2.24) is 5.32 Å². The molecule has 3 unspecified atom stereocenters. The Morgan fingerprint density at radius 1 is 1.15 bits per heavy atom. The second-order valence-electron chi connectivity index (χ2n) is 6.02. The molecule has 1 saturated carbocycles. The van der Waals surface area contributed by atoms with Gasteiger partial charge in [0.15, 0.2) is 0 Å². The molecule has 0 aliphatic heterocycles. The molecule has 1 aliphatic rings. The van der Waals surface area contributed by atoms with Crippen molar-refractivity contribution in [2.75, 3.05) is 0 Å². The Balaban J connectivity index is 2.09. The second-order valence-corrected chi connectivity index (χ2v) is 6.84. The van der Waals surface area contributed by atoms with Gasteiger partial charge in [-0.1, -0.05) is 62.4 Å². The Labute approximate surface area is 133 Å². The lowest BCUT2D eigenvalue weighted by Crippen LogP contribution is -2.37. The number of rotatable bonds is 4. The molecule has 0 amide bonds. The van der Waals surface area contributed by atoms with E-state index in [4.69, 9.17) is 23.2 Å². The van der Waals surface area contributed by atoms with Gasteiger partial charge in [0.25, 0.3) is 0 Å². The molecule has 0 radical (unpaired) electrons. The van der Waals surface area contributed by atoms with Crippen molar-refractivity contribution >= 4 is 23.2 Å². The van der Waals surface area contributed by atoms with Gasteiger partial charge in [0.1, 0.15) is 0 Å². The van der Waals surface area contributed by atoms with Crippen molar-refractivity contribution in [2.24, 2.45) is 5.92 Å². The summed E-state index contributed by atoms with van der Waals surface area (Å²) in [6.07, 6.45) is 7.81. The lowest BCUT2D eigenvalue weighted by Gasteiger charge is -2.29. The van der Waals surface area contributed by atoms with Crippen molar-refractivity contribution in [3.63, 3.8) is 0 Å². The highest BCUT2D eigenvalue weighted by molar-refractivity contribution is 6.42. The van der Waals surface area contributed by atoms with Gasteiger partial charge in [-0.2, -0.15) is 0 Å². The molecule has 1 aromatic rings. The van der Waals surface area contributed by atoms with Crippen LogP contribution in [0.5, 0.6) is 0 Å². The summed E-state index contributed by atoms with van der Waals surface area (Å²) in [5, 5.41) is 5.14. The Hall–Kier alpha value is -0.240. The molecule has 1 N–H and O–H groups in total. The Bertz CT molecular complexity index is 433. The molecule has 2 rings (SSSR count). The zero-order valence-corrected chi connectivity index (χ0v) is 14.0. The van der Waals surface area contributed by atoms with E-state index in [2.05, 4.69) is 25.2 Å². The summed E-state index contributed by atoms with van der Waals surface area (Å²) < 4.78 is 0. The van der Waals surface area contributed by atoms with Crippen LogP contribution in [0.25, 0.3) is 0 Å². The number of halogens is 2. The van der Waals surface area contributed by atoms with Gasteiger partial charge >= 0.3 is 0 Å². The summed E-state index contributed by atoms with van der Waals surface area (Å²) >= 11 is 12.2. The normalized spacial score (nSPS) is 25.2. The molecule has 1 fully saturated rings. The first-order valence-corrected chi connectivity index (χ1v) is 8.58. The van der Waals surface area contributed by atoms with Crippen LogP contribution in [0.1, 0.15) is 64.0 Å². The minimum Gasteiger partial charge on any atom is -0.307 e. The van der Waals surface area contributed by atoms with E-state index in [0.717, 1.165) is 12.3 Å². The van der Waals surface area contributed by atoms with Crippen molar-refractivity contribution in [3.05, 3.63) is 33.8 Å². The summed E-state index contributed by atoms with van der Waals surface area (Å²) in [6.45, 7) is 4.60. The second kappa shape index (κ2) is 7.68. The highest BCUT2D eigenvalue weighted by atomic mass is 35.5. The molecule has 0 spiro atoms. The van der Waals surface area contributed by atoms with Gasteiger partial charge in [-0.15, -0.1) is 0 Å². The van der Waals surface area contributed by atoms with E-state index in [1.807, 2.05) is 12.1 Å². The molecule has 0 saturated heterocycles. The quantitative estimate of drug-likeness (QED) is 0.672. The summed E-state index contributed by atoms with van der Waals surface area (Å²) in [7, 11) is 0. The maximum Gasteiger partial charge on any atom is 0.0595 e. The molecule has 0 bridgehead atoms. The predicted octanol–water partition coefficient (Wildman–Crippen LogP) is 6.00. The number of hydrogen-bond donors (Lipinski definition) is 1. The maximum absolute atomic E-state index is 6.15. The molecule has 3 atom stereocenters. The van der Waals surface area contributed by atoms with Gasteiger partial charge in [-0.05, 0) is 42.9 Å². The zero-order chi connectivity index (χ0) is 14.5. The summed E-state index contributed by atoms with van der Waals surface area (Å²) in [5.74, 6) is 0.759. The molecule has 0 heterocycles. The first-order chi connectivity index (χ1) is 9.61. The SMILES string of the molecule is CCC(NC1CCCCCC1C)c1ccc(Cl)c(Cl)c1. The van der Waals surface area contributed by atoms with Crippen LogP contribution >= 0.6 is 23.2 Å². The van der Waals surface area contributed by atoms with Crippen LogP contribution < -0.4 is 5.32 Å². The van der Waals surface area contributed by atoms with Gasteiger partial charge in [-0.25, -0.2) is 0 Å². The largest absolute Gasteiger partial charge is 0.307 e. The fraction of sp³-hybridized carbons (Fsp3) is 0.647. The predicted molar refractivity (Wildman–Crippen MR) is 88.7 cm³/mol. The van der Waals surface area contributed by atoms with Crippen LogP contribution in [-0.4, -0.2) is 6.04 Å². The van der Waals surface area contributed by atoms with E-state index in [1.54, 1.807) is 0 Å². The molecule has 1 aliphatic carbocycles. The molecule has 112 valence electrons. The first kappa shape index (κ1) is 16.1. The molecule has 1 nitrogen and oxygen atoms in total. The van der Waals surface area contributed by atoms with Crippen molar-refractivity contribution in [1.29, 1.82) is 0 Å². The molecular weight excluding hydrogens is 289 g/mol. The first-order valence-electron chi connectivity index (χ1n) is 7.82. The lowest BCUT2D eigenvalue weighted by molar-refractivity contribution is 0.318. The molecule has 0 aromatic heterocycles. The van der Waals surface area contributed by atoms with Crippen LogP contribution in [0.4, 0.5) is 0 Å². The van der Waals surface area contributed by atoms with E-state index in [0.29, 0.717) is 22.1 Å². The Morgan fingerprint density at radius 3 is 2.60 bits per heavy atom. The van der Waals surface area contributed by atoms with E-state index in [1.165, 1.54) is 37.7 Å². The average Bonchev–Trinajstić information content (AvgIpc) is 2.64. The third-order valence-corrected chi connectivity index (χ3v) is 5.27. The number of hydrogen-bond acceptors (Lipinski definition) is 1. The Kier molecular flexibility index (Phi) is 6.20. The smallest absolute Gasteiger partial charge is 0.0595 e. The monoisotopic (exact) mass is 313 g/mol.